The molecule has 0 bridgehead atoms. The molecule has 2 atom stereocenters. The van der Waals surface area contributed by atoms with Crippen LogP contribution in [0, 0.1) is 5.92 Å². The molecular weight excluding hydrogens is 423 g/mol. The maximum atomic E-state index is 12.8. The highest BCUT2D eigenvalue weighted by atomic mass is 19.4. The molecule has 2 amide bonds. The minimum absolute atomic E-state index is 0.0950. The van der Waals surface area contributed by atoms with Crippen LogP contribution in [0.4, 0.5) is 29.3 Å². The highest BCUT2D eigenvalue weighted by Gasteiger charge is 2.33. The average molecular weight is 447 g/mol. The number of benzene rings is 1. The predicted octanol–water partition coefficient (Wildman–Crippen LogP) is 4.84. The number of carbonyl (C=O) groups is 1. The Morgan fingerprint density at radius 3 is 2.72 bits per heavy atom. The van der Waals surface area contributed by atoms with Crippen LogP contribution in [0.2, 0.25) is 0 Å². The molecule has 0 spiro atoms. The van der Waals surface area contributed by atoms with Gasteiger partial charge in [-0.2, -0.15) is 0 Å². The van der Waals surface area contributed by atoms with Crippen LogP contribution < -0.4 is 15.0 Å². The number of H-pyrrole nitrogens is 1. The first kappa shape index (κ1) is 21.8. The number of pyridine rings is 1. The maximum absolute atomic E-state index is 12.8. The molecule has 4 rings (SSSR count). The lowest BCUT2D eigenvalue weighted by atomic mass is 9.92. The quantitative estimate of drug-likeness (QED) is 0.600. The number of rotatable bonds is 4. The Morgan fingerprint density at radius 2 is 2.00 bits per heavy atom. The number of halogens is 3. The summed E-state index contributed by atoms with van der Waals surface area (Å²) in [6.07, 6.45) is -0.307. The fourth-order valence-corrected chi connectivity index (χ4v) is 4.11. The first-order valence-corrected chi connectivity index (χ1v) is 10.3. The first-order chi connectivity index (χ1) is 15.2. The third kappa shape index (κ3) is 4.74. The van der Waals surface area contributed by atoms with Gasteiger partial charge in [-0.25, -0.2) is 9.78 Å². The molecule has 1 aliphatic heterocycles. The summed E-state index contributed by atoms with van der Waals surface area (Å²) in [5.41, 5.74) is 2.25. The molecule has 1 saturated heterocycles. The third-order valence-electron chi connectivity index (χ3n) is 5.86. The van der Waals surface area contributed by atoms with Crippen molar-refractivity contribution in [3.8, 4) is 5.75 Å². The van der Waals surface area contributed by atoms with E-state index in [1.54, 1.807) is 11.1 Å². The van der Waals surface area contributed by atoms with Gasteiger partial charge in [0.1, 0.15) is 11.4 Å². The van der Waals surface area contributed by atoms with E-state index in [4.69, 9.17) is 0 Å². The molecule has 2 N–H and O–H groups in total. The Hall–Kier alpha value is -3.43. The van der Waals surface area contributed by atoms with E-state index in [1.165, 1.54) is 24.3 Å². The number of aromatic nitrogens is 2. The topological polar surface area (TPSA) is 73.5 Å². The van der Waals surface area contributed by atoms with Gasteiger partial charge in [-0.3, -0.25) is 0 Å². The Kier molecular flexibility index (Phi) is 5.86. The van der Waals surface area contributed by atoms with Crippen LogP contribution in [0.1, 0.15) is 13.3 Å². The number of nitrogens with one attached hydrogen (secondary N) is 2. The molecule has 32 heavy (non-hydrogen) atoms. The van der Waals surface area contributed by atoms with Crippen molar-refractivity contribution in [2.24, 2.45) is 5.92 Å². The number of hydrogen-bond donors (Lipinski definition) is 2. The number of carbonyl (C=O) groups excluding carboxylic acids is 1. The number of likely N-dealkylation sites (N-methyl/N-ethyl adjacent to an activating group) is 1. The van der Waals surface area contributed by atoms with Gasteiger partial charge in [0.25, 0.3) is 0 Å². The summed E-state index contributed by atoms with van der Waals surface area (Å²) in [5, 5.41) is 3.78. The number of amides is 2. The van der Waals surface area contributed by atoms with Gasteiger partial charge in [0, 0.05) is 55.3 Å². The van der Waals surface area contributed by atoms with Crippen LogP contribution in [0.25, 0.3) is 11.0 Å². The van der Waals surface area contributed by atoms with Crippen molar-refractivity contribution in [3.05, 3.63) is 48.8 Å². The Bertz CT molecular complexity index is 1080. The lowest BCUT2D eigenvalue weighted by Gasteiger charge is -2.42. The standard InChI is InChI=1S/C22H24F3N5O2/c1-14-9-12-30(21(31)28-15-3-5-16(6-4-15)32-22(23,24)25)13-19(14)29(2)18-8-11-27-20-17(18)7-10-26-20/h3-8,10-11,14,19H,9,12-13H2,1-2H3,(H,26,27)(H,28,31)/t14-,19+/m1/s1. The summed E-state index contributed by atoms with van der Waals surface area (Å²) in [5.74, 6) is 0.0300. The molecule has 0 saturated carbocycles. The van der Waals surface area contributed by atoms with Gasteiger partial charge in [-0.15, -0.1) is 13.2 Å². The molecule has 10 heteroatoms. The van der Waals surface area contributed by atoms with Crippen LogP contribution >= 0.6 is 0 Å². The minimum atomic E-state index is -4.75. The number of likely N-dealkylation sites (tertiary alicyclic amines) is 1. The fourth-order valence-electron chi connectivity index (χ4n) is 4.11. The summed E-state index contributed by atoms with van der Waals surface area (Å²) in [4.78, 5) is 24.2. The van der Waals surface area contributed by atoms with Crippen LogP contribution in [-0.4, -0.2) is 53.4 Å². The third-order valence-corrected chi connectivity index (χ3v) is 5.86. The molecule has 3 aromatic rings. The summed E-state index contributed by atoms with van der Waals surface area (Å²) in [6, 6.07) is 8.86. The number of fused-ring (bicyclic) bond motifs is 1. The van der Waals surface area contributed by atoms with Crippen molar-refractivity contribution in [1.29, 1.82) is 0 Å². The second kappa shape index (κ2) is 8.60. The zero-order chi connectivity index (χ0) is 22.9. The van der Waals surface area contributed by atoms with E-state index in [0.717, 1.165) is 23.1 Å². The Labute approximate surface area is 183 Å². The van der Waals surface area contributed by atoms with Gasteiger partial charge in [-0.05, 0) is 48.7 Å². The summed E-state index contributed by atoms with van der Waals surface area (Å²) in [6.45, 7) is 3.29. The first-order valence-electron chi connectivity index (χ1n) is 10.3. The predicted molar refractivity (Wildman–Crippen MR) is 116 cm³/mol. The number of hydrogen-bond acceptors (Lipinski definition) is 4. The molecule has 170 valence electrons. The number of alkyl halides is 3. The molecule has 0 radical (unpaired) electrons. The number of ether oxygens (including phenoxy) is 1. The largest absolute Gasteiger partial charge is 0.573 e. The Balaban J connectivity index is 1.43. The van der Waals surface area contributed by atoms with Gasteiger partial charge in [0.2, 0.25) is 0 Å². The van der Waals surface area contributed by atoms with E-state index < -0.39 is 6.36 Å². The fraction of sp³-hybridized carbons (Fsp3) is 0.364. The zero-order valence-corrected chi connectivity index (χ0v) is 17.7. The summed E-state index contributed by atoms with van der Waals surface area (Å²) >= 11 is 0. The number of anilines is 2. The second-order valence-electron chi connectivity index (χ2n) is 7.96. The van der Waals surface area contributed by atoms with Gasteiger partial charge in [0.05, 0.1) is 0 Å². The monoisotopic (exact) mass is 447 g/mol. The van der Waals surface area contributed by atoms with E-state index >= 15 is 0 Å². The Morgan fingerprint density at radius 1 is 1.25 bits per heavy atom. The molecular formula is C22H24F3N5O2. The van der Waals surface area contributed by atoms with Gasteiger partial charge < -0.3 is 24.8 Å². The zero-order valence-electron chi connectivity index (χ0n) is 17.7. The highest BCUT2D eigenvalue weighted by Crippen LogP contribution is 2.30. The molecule has 3 heterocycles. The van der Waals surface area contributed by atoms with E-state index in [0.29, 0.717) is 24.7 Å². The maximum Gasteiger partial charge on any atom is 0.573 e. The summed E-state index contributed by atoms with van der Waals surface area (Å²) in [7, 11) is 2.02. The number of piperidine rings is 1. The molecule has 0 unspecified atom stereocenters. The molecule has 2 aromatic heterocycles. The number of aromatic amines is 1. The van der Waals surface area contributed by atoms with Gasteiger partial charge in [0.15, 0.2) is 0 Å². The van der Waals surface area contributed by atoms with Gasteiger partial charge >= 0.3 is 12.4 Å². The molecule has 1 fully saturated rings. The van der Waals surface area contributed by atoms with E-state index in [2.05, 4.69) is 31.8 Å². The average Bonchev–Trinajstić information content (AvgIpc) is 3.23. The lowest BCUT2D eigenvalue weighted by Crippen LogP contribution is -2.53. The van der Waals surface area contributed by atoms with Crippen LogP contribution in [-0.2, 0) is 0 Å². The minimum Gasteiger partial charge on any atom is -0.406 e. The molecule has 7 nitrogen and oxygen atoms in total. The molecule has 1 aliphatic rings. The van der Waals surface area contributed by atoms with Crippen molar-refractivity contribution in [2.75, 3.05) is 30.4 Å². The van der Waals surface area contributed by atoms with Crippen molar-refractivity contribution in [3.63, 3.8) is 0 Å². The normalized spacial score (nSPS) is 19.1. The van der Waals surface area contributed by atoms with E-state index in [1.807, 2.05) is 25.4 Å². The van der Waals surface area contributed by atoms with Crippen LogP contribution in [0.5, 0.6) is 5.75 Å². The van der Waals surface area contributed by atoms with Gasteiger partial charge in [-0.1, -0.05) is 6.92 Å². The lowest BCUT2D eigenvalue weighted by molar-refractivity contribution is -0.274. The highest BCUT2D eigenvalue weighted by molar-refractivity contribution is 5.91. The van der Waals surface area contributed by atoms with Crippen LogP contribution in [0.3, 0.4) is 0 Å². The number of nitrogens with zero attached hydrogens (tertiary/aromatic N) is 3. The van der Waals surface area contributed by atoms with Crippen LogP contribution in [0.15, 0.2) is 48.8 Å². The number of urea groups is 1. The summed E-state index contributed by atoms with van der Waals surface area (Å²) < 4.78 is 40.8. The van der Waals surface area contributed by atoms with Crippen molar-refractivity contribution < 1.29 is 22.7 Å². The van der Waals surface area contributed by atoms with E-state index in [9.17, 15) is 18.0 Å². The SMILES string of the molecule is C[C@@H]1CCN(C(=O)Nc2ccc(OC(F)(F)F)cc2)C[C@@H]1N(C)c1ccnc2[nH]ccc12. The second-order valence-corrected chi connectivity index (χ2v) is 7.96. The van der Waals surface area contributed by atoms with Crippen molar-refractivity contribution >= 4 is 28.4 Å². The molecule has 1 aromatic carbocycles. The molecule has 0 aliphatic carbocycles. The van der Waals surface area contributed by atoms with E-state index in [-0.39, 0.29) is 17.8 Å². The smallest absolute Gasteiger partial charge is 0.406 e. The van der Waals surface area contributed by atoms with Crippen molar-refractivity contribution in [1.82, 2.24) is 14.9 Å². The van der Waals surface area contributed by atoms with Crippen molar-refractivity contribution in [2.45, 2.75) is 25.7 Å².